The van der Waals surface area contributed by atoms with Gasteiger partial charge >= 0.3 is 0 Å². The third-order valence-electron chi connectivity index (χ3n) is 4.36. The Balaban J connectivity index is 1.68. The fraction of sp³-hybridized carbons (Fsp3) is 0.467. The SMILES string of the molecule is O=C(Nc1cc(Cl)ccc1Cl)C1(C(=O)NC2CCS(=O)(=O)C2)CC1. The second-order valence-electron chi connectivity index (χ2n) is 6.23. The first-order valence-corrected chi connectivity index (χ1v) is 10.1. The average Bonchev–Trinajstić information content (AvgIpc) is 3.24. The van der Waals surface area contributed by atoms with Crippen LogP contribution in [0.25, 0.3) is 0 Å². The minimum atomic E-state index is -3.09. The molecule has 1 aromatic rings. The molecule has 1 aromatic carbocycles. The molecule has 1 saturated heterocycles. The normalized spacial score (nSPS) is 23.5. The molecule has 0 aromatic heterocycles. The van der Waals surface area contributed by atoms with Gasteiger partial charge in [-0.15, -0.1) is 0 Å². The van der Waals surface area contributed by atoms with E-state index in [0.29, 0.717) is 35.0 Å². The van der Waals surface area contributed by atoms with Gasteiger partial charge in [0.1, 0.15) is 5.41 Å². The Hall–Kier alpha value is -1.31. The Kier molecular flexibility index (Phi) is 4.53. The van der Waals surface area contributed by atoms with Crippen molar-refractivity contribution in [1.29, 1.82) is 0 Å². The number of rotatable bonds is 4. The van der Waals surface area contributed by atoms with Crippen molar-refractivity contribution in [2.45, 2.75) is 25.3 Å². The molecule has 1 atom stereocenters. The fourth-order valence-corrected chi connectivity index (χ4v) is 4.76. The van der Waals surface area contributed by atoms with Crippen LogP contribution >= 0.6 is 23.2 Å². The largest absolute Gasteiger partial charge is 0.351 e. The molecule has 2 N–H and O–H groups in total. The predicted molar refractivity (Wildman–Crippen MR) is 92.0 cm³/mol. The molecule has 130 valence electrons. The molecule has 0 radical (unpaired) electrons. The summed E-state index contributed by atoms with van der Waals surface area (Å²) in [6, 6.07) is 4.24. The van der Waals surface area contributed by atoms with Crippen LogP contribution in [0.15, 0.2) is 18.2 Å². The van der Waals surface area contributed by atoms with Crippen molar-refractivity contribution < 1.29 is 18.0 Å². The average molecular weight is 391 g/mol. The van der Waals surface area contributed by atoms with Gasteiger partial charge in [0.25, 0.3) is 0 Å². The molecule has 2 aliphatic rings. The van der Waals surface area contributed by atoms with E-state index in [0.717, 1.165) is 0 Å². The second kappa shape index (κ2) is 6.20. The summed E-state index contributed by atoms with van der Waals surface area (Å²) < 4.78 is 22.9. The maximum Gasteiger partial charge on any atom is 0.240 e. The van der Waals surface area contributed by atoms with E-state index < -0.39 is 33.1 Å². The highest BCUT2D eigenvalue weighted by Gasteiger charge is 2.57. The summed E-state index contributed by atoms with van der Waals surface area (Å²) in [5, 5.41) is 6.08. The Bertz CT molecular complexity index is 806. The topological polar surface area (TPSA) is 92.3 Å². The van der Waals surface area contributed by atoms with Crippen LogP contribution in [0.1, 0.15) is 19.3 Å². The molecule has 6 nitrogen and oxygen atoms in total. The summed E-state index contributed by atoms with van der Waals surface area (Å²) in [4.78, 5) is 25.0. The molecule has 0 bridgehead atoms. The van der Waals surface area contributed by atoms with Crippen molar-refractivity contribution in [3.8, 4) is 0 Å². The van der Waals surface area contributed by atoms with Gasteiger partial charge in [-0.3, -0.25) is 9.59 Å². The molecule has 1 heterocycles. The van der Waals surface area contributed by atoms with Crippen LogP contribution in [0.3, 0.4) is 0 Å². The van der Waals surface area contributed by atoms with E-state index >= 15 is 0 Å². The maximum absolute atomic E-state index is 12.5. The number of hydrogen-bond donors (Lipinski definition) is 2. The van der Waals surface area contributed by atoms with E-state index in [1.54, 1.807) is 12.1 Å². The monoisotopic (exact) mass is 390 g/mol. The van der Waals surface area contributed by atoms with Crippen molar-refractivity contribution in [1.82, 2.24) is 5.32 Å². The molecule has 2 amide bonds. The Morgan fingerprint density at radius 3 is 2.46 bits per heavy atom. The van der Waals surface area contributed by atoms with Gasteiger partial charge in [0, 0.05) is 11.1 Å². The van der Waals surface area contributed by atoms with Gasteiger partial charge in [-0.25, -0.2) is 8.42 Å². The summed E-state index contributed by atoms with van der Waals surface area (Å²) in [6.45, 7) is 0. The lowest BCUT2D eigenvalue weighted by Gasteiger charge is -2.18. The first kappa shape index (κ1) is 17.5. The number of anilines is 1. The van der Waals surface area contributed by atoms with Crippen LogP contribution in [0.5, 0.6) is 0 Å². The smallest absolute Gasteiger partial charge is 0.240 e. The Labute approximate surface area is 149 Å². The van der Waals surface area contributed by atoms with E-state index in [1.165, 1.54) is 6.07 Å². The Morgan fingerprint density at radius 2 is 1.88 bits per heavy atom. The molecular weight excluding hydrogens is 375 g/mol. The highest BCUT2D eigenvalue weighted by Crippen LogP contribution is 2.47. The van der Waals surface area contributed by atoms with Gasteiger partial charge in [-0.1, -0.05) is 23.2 Å². The second-order valence-corrected chi connectivity index (χ2v) is 9.31. The number of benzene rings is 1. The summed E-state index contributed by atoms with van der Waals surface area (Å²) in [5.74, 6) is -0.892. The minimum Gasteiger partial charge on any atom is -0.351 e. The number of sulfone groups is 1. The zero-order chi connectivity index (χ0) is 17.5. The van der Waals surface area contributed by atoms with Gasteiger partial charge in [0.15, 0.2) is 9.84 Å². The molecular formula is C15H16Cl2N2O4S. The third-order valence-corrected chi connectivity index (χ3v) is 6.70. The molecule has 1 unspecified atom stereocenters. The highest BCUT2D eigenvalue weighted by molar-refractivity contribution is 7.91. The molecule has 1 aliphatic carbocycles. The van der Waals surface area contributed by atoms with E-state index in [9.17, 15) is 18.0 Å². The number of nitrogens with one attached hydrogen (secondary N) is 2. The van der Waals surface area contributed by atoms with Crippen LogP contribution in [-0.2, 0) is 19.4 Å². The summed E-state index contributed by atoms with van der Waals surface area (Å²) in [6.07, 6.45) is 1.22. The maximum atomic E-state index is 12.5. The van der Waals surface area contributed by atoms with Crippen LogP contribution in [0, 0.1) is 5.41 Å². The van der Waals surface area contributed by atoms with Gasteiger partial charge in [0.2, 0.25) is 11.8 Å². The van der Waals surface area contributed by atoms with E-state index in [-0.39, 0.29) is 11.5 Å². The first-order valence-electron chi connectivity index (χ1n) is 7.50. The lowest BCUT2D eigenvalue weighted by molar-refractivity contribution is -0.134. The number of amides is 2. The van der Waals surface area contributed by atoms with Gasteiger partial charge in [-0.05, 0) is 37.5 Å². The van der Waals surface area contributed by atoms with Crippen molar-refractivity contribution in [3.05, 3.63) is 28.2 Å². The van der Waals surface area contributed by atoms with Crippen LogP contribution in [-0.4, -0.2) is 37.8 Å². The predicted octanol–water partition coefficient (Wildman–Crippen LogP) is 2.02. The van der Waals surface area contributed by atoms with E-state index in [1.807, 2.05) is 0 Å². The molecule has 24 heavy (non-hydrogen) atoms. The van der Waals surface area contributed by atoms with Crippen molar-refractivity contribution in [3.63, 3.8) is 0 Å². The van der Waals surface area contributed by atoms with Crippen LogP contribution in [0.4, 0.5) is 5.69 Å². The lowest BCUT2D eigenvalue weighted by atomic mass is 10.0. The van der Waals surface area contributed by atoms with Gasteiger partial charge in [0.05, 0.1) is 22.2 Å². The van der Waals surface area contributed by atoms with Crippen molar-refractivity contribution in [2.24, 2.45) is 5.41 Å². The zero-order valence-corrected chi connectivity index (χ0v) is 15.0. The quantitative estimate of drug-likeness (QED) is 0.769. The van der Waals surface area contributed by atoms with Crippen molar-refractivity contribution in [2.75, 3.05) is 16.8 Å². The first-order chi connectivity index (χ1) is 11.2. The standard InChI is InChI=1S/C15H16Cl2N2O4S/c16-9-1-2-11(17)12(7-9)19-14(21)15(4-5-15)13(20)18-10-3-6-24(22,23)8-10/h1-2,7,10H,3-6,8H2,(H,18,20)(H,19,21). The minimum absolute atomic E-state index is 0.0647. The van der Waals surface area contributed by atoms with Gasteiger partial charge < -0.3 is 10.6 Å². The van der Waals surface area contributed by atoms with Crippen LogP contribution in [0.2, 0.25) is 10.0 Å². The summed E-state index contributed by atoms with van der Waals surface area (Å²) in [5.41, 5.74) is -0.811. The number of halogens is 2. The Morgan fingerprint density at radius 1 is 1.17 bits per heavy atom. The molecule has 3 rings (SSSR count). The summed E-state index contributed by atoms with van der Waals surface area (Å²) in [7, 11) is -3.09. The number of hydrogen-bond acceptors (Lipinski definition) is 4. The molecule has 1 aliphatic heterocycles. The van der Waals surface area contributed by atoms with Gasteiger partial charge in [-0.2, -0.15) is 0 Å². The lowest BCUT2D eigenvalue weighted by Crippen LogP contribution is -2.45. The van der Waals surface area contributed by atoms with E-state index in [4.69, 9.17) is 23.2 Å². The number of carbonyl (C=O) groups excluding carboxylic acids is 2. The molecule has 0 spiro atoms. The highest BCUT2D eigenvalue weighted by atomic mass is 35.5. The van der Waals surface area contributed by atoms with Crippen molar-refractivity contribution >= 4 is 50.5 Å². The molecule has 9 heteroatoms. The number of carbonyl (C=O) groups is 2. The van der Waals surface area contributed by atoms with E-state index in [2.05, 4.69) is 10.6 Å². The van der Waals surface area contributed by atoms with Crippen LogP contribution < -0.4 is 10.6 Å². The molecule has 1 saturated carbocycles. The third kappa shape index (κ3) is 3.53. The zero-order valence-electron chi connectivity index (χ0n) is 12.6. The molecule has 2 fully saturated rings. The summed E-state index contributed by atoms with van der Waals surface area (Å²) >= 11 is 11.9. The fourth-order valence-electron chi connectivity index (χ4n) is 2.75.